The van der Waals surface area contributed by atoms with Gasteiger partial charge >= 0.3 is 6.18 Å². The molecule has 160 valence electrons. The Morgan fingerprint density at radius 3 is 2.37 bits per heavy atom. The number of halogens is 3. The molecule has 1 fully saturated rings. The molecule has 2 aromatic rings. The van der Waals surface area contributed by atoms with Crippen LogP contribution in [-0.2, 0) is 15.7 Å². The number of morpholine rings is 1. The van der Waals surface area contributed by atoms with Crippen molar-refractivity contribution in [2.24, 2.45) is 0 Å². The van der Waals surface area contributed by atoms with E-state index in [1.54, 1.807) is 6.08 Å². The van der Waals surface area contributed by atoms with E-state index < -0.39 is 17.6 Å². The van der Waals surface area contributed by atoms with Gasteiger partial charge in [0.15, 0.2) is 0 Å². The Balaban J connectivity index is 1.79. The van der Waals surface area contributed by atoms with E-state index in [1.807, 2.05) is 29.2 Å². The van der Waals surface area contributed by atoms with E-state index in [2.05, 4.69) is 19.2 Å². The maximum atomic E-state index is 13.2. The Hall–Kier alpha value is -2.80. The summed E-state index contributed by atoms with van der Waals surface area (Å²) in [5.74, 6) is -0.0809. The monoisotopic (exact) mass is 418 g/mol. The van der Waals surface area contributed by atoms with Crippen molar-refractivity contribution < 1.29 is 22.7 Å². The van der Waals surface area contributed by atoms with Gasteiger partial charge in [0.2, 0.25) is 5.91 Å². The van der Waals surface area contributed by atoms with E-state index >= 15 is 0 Å². The molecule has 0 aliphatic carbocycles. The van der Waals surface area contributed by atoms with Gasteiger partial charge < -0.3 is 15.0 Å². The van der Waals surface area contributed by atoms with Crippen LogP contribution in [0.2, 0.25) is 0 Å². The standard InChI is InChI=1S/C23H25F3N2O2/c1-16(2)18-6-3-17(4-7-18)5-10-22(29)27-20-15-19(23(24,25)26)8-9-21(20)28-11-13-30-14-12-28/h3-10,15-16H,11-14H2,1-2H3,(H,27,29). The van der Waals surface area contributed by atoms with Crippen LogP contribution in [0.15, 0.2) is 48.5 Å². The number of hydrogen-bond acceptors (Lipinski definition) is 3. The predicted octanol–water partition coefficient (Wildman–Crippen LogP) is 5.32. The maximum absolute atomic E-state index is 13.2. The molecule has 1 saturated heterocycles. The van der Waals surface area contributed by atoms with Crippen LogP contribution < -0.4 is 10.2 Å². The lowest BCUT2D eigenvalue weighted by molar-refractivity contribution is -0.137. The normalized spacial score (nSPS) is 15.1. The smallest absolute Gasteiger partial charge is 0.378 e. The van der Waals surface area contributed by atoms with Gasteiger partial charge in [-0.05, 0) is 41.3 Å². The number of hydrogen-bond donors (Lipinski definition) is 1. The van der Waals surface area contributed by atoms with E-state index in [-0.39, 0.29) is 5.69 Å². The number of rotatable bonds is 5. The third kappa shape index (κ3) is 5.63. The highest BCUT2D eigenvalue weighted by Crippen LogP contribution is 2.35. The van der Waals surface area contributed by atoms with Crippen molar-refractivity contribution in [3.63, 3.8) is 0 Å². The molecule has 0 saturated carbocycles. The summed E-state index contributed by atoms with van der Waals surface area (Å²) in [6.45, 7) is 6.26. The maximum Gasteiger partial charge on any atom is 0.416 e. The van der Waals surface area contributed by atoms with Crippen LogP contribution in [0.4, 0.5) is 24.5 Å². The quantitative estimate of drug-likeness (QED) is 0.669. The lowest BCUT2D eigenvalue weighted by Gasteiger charge is -2.30. The summed E-state index contributed by atoms with van der Waals surface area (Å²) in [5, 5.41) is 2.61. The largest absolute Gasteiger partial charge is 0.416 e. The molecule has 0 unspecified atom stereocenters. The molecular formula is C23H25F3N2O2. The summed E-state index contributed by atoms with van der Waals surface area (Å²) in [6, 6.07) is 11.2. The summed E-state index contributed by atoms with van der Waals surface area (Å²) in [6.07, 6.45) is -1.52. The summed E-state index contributed by atoms with van der Waals surface area (Å²) < 4.78 is 44.8. The van der Waals surface area contributed by atoms with Crippen LogP contribution in [0.3, 0.4) is 0 Å². The number of carbonyl (C=O) groups excluding carboxylic acids is 1. The zero-order valence-electron chi connectivity index (χ0n) is 17.0. The molecule has 2 aromatic carbocycles. The van der Waals surface area contributed by atoms with E-state index in [9.17, 15) is 18.0 Å². The number of amides is 1. The number of anilines is 2. The van der Waals surface area contributed by atoms with Crippen molar-refractivity contribution in [1.82, 2.24) is 0 Å². The number of alkyl halides is 3. The minimum atomic E-state index is -4.49. The highest BCUT2D eigenvalue weighted by atomic mass is 19.4. The summed E-state index contributed by atoms with van der Waals surface area (Å²) in [5.41, 5.74) is 1.91. The fraction of sp³-hybridized carbons (Fsp3) is 0.348. The molecule has 1 amide bonds. The summed E-state index contributed by atoms with van der Waals surface area (Å²) in [4.78, 5) is 14.3. The van der Waals surface area contributed by atoms with Crippen LogP contribution in [0.1, 0.15) is 36.5 Å². The lowest BCUT2D eigenvalue weighted by Crippen LogP contribution is -2.36. The summed E-state index contributed by atoms with van der Waals surface area (Å²) in [7, 11) is 0. The van der Waals surface area contributed by atoms with Crippen molar-refractivity contribution in [2.45, 2.75) is 25.9 Å². The van der Waals surface area contributed by atoms with Gasteiger partial charge in [0.25, 0.3) is 0 Å². The Bertz CT molecular complexity index is 900. The molecular weight excluding hydrogens is 393 g/mol. The second-order valence-electron chi connectivity index (χ2n) is 7.47. The fourth-order valence-corrected chi connectivity index (χ4v) is 3.23. The zero-order valence-corrected chi connectivity index (χ0v) is 17.0. The fourth-order valence-electron chi connectivity index (χ4n) is 3.23. The van der Waals surface area contributed by atoms with Gasteiger partial charge in [-0.2, -0.15) is 13.2 Å². The van der Waals surface area contributed by atoms with E-state index in [0.29, 0.717) is 37.9 Å². The van der Waals surface area contributed by atoms with Crippen molar-refractivity contribution in [1.29, 1.82) is 0 Å². The molecule has 1 N–H and O–H groups in total. The highest BCUT2D eigenvalue weighted by Gasteiger charge is 2.31. The number of nitrogens with one attached hydrogen (secondary N) is 1. The molecule has 30 heavy (non-hydrogen) atoms. The van der Waals surface area contributed by atoms with Gasteiger partial charge in [-0.1, -0.05) is 38.1 Å². The molecule has 4 nitrogen and oxygen atoms in total. The van der Waals surface area contributed by atoms with Crippen LogP contribution in [0.25, 0.3) is 6.08 Å². The van der Waals surface area contributed by atoms with Crippen molar-refractivity contribution in [2.75, 3.05) is 36.5 Å². The van der Waals surface area contributed by atoms with Crippen molar-refractivity contribution >= 4 is 23.4 Å². The minimum absolute atomic E-state index is 0.136. The van der Waals surface area contributed by atoms with E-state index in [1.165, 1.54) is 17.7 Å². The van der Waals surface area contributed by atoms with Crippen LogP contribution in [0, 0.1) is 0 Å². The molecule has 1 aliphatic rings. The minimum Gasteiger partial charge on any atom is -0.378 e. The molecule has 3 rings (SSSR count). The topological polar surface area (TPSA) is 41.6 Å². The third-order valence-corrected chi connectivity index (χ3v) is 4.96. The Morgan fingerprint density at radius 1 is 1.10 bits per heavy atom. The zero-order chi connectivity index (χ0) is 21.7. The molecule has 1 heterocycles. The summed E-state index contributed by atoms with van der Waals surface area (Å²) >= 11 is 0. The van der Waals surface area contributed by atoms with Gasteiger partial charge in [-0.25, -0.2) is 0 Å². The first-order valence-corrected chi connectivity index (χ1v) is 9.87. The predicted molar refractivity (Wildman–Crippen MR) is 113 cm³/mol. The number of nitrogens with zero attached hydrogens (tertiary/aromatic N) is 1. The van der Waals surface area contributed by atoms with Gasteiger partial charge in [-0.15, -0.1) is 0 Å². The molecule has 1 aliphatic heterocycles. The number of ether oxygens (including phenoxy) is 1. The second-order valence-corrected chi connectivity index (χ2v) is 7.47. The highest BCUT2D eigenvalue weighted by molar-refractivity contribution is 6.04. The van der Waals surface area contributed by atoms with Crippen molar-refractivity contribution in [3.8, 4) is 0 Å². The number of benzene rings is 2. The second kappa shape index (κ2) is 9.34. The molecule has 0 radical (unpaired) electrons. The van der Waals surface area contributed by atoms with Crippen LogP contribution in [-0.4, -0.2) is 32.2 Å². The van der Waals surface area contributed by atoms with Gasteiger partial charge in [0.1, 0.15) is 0 Å². The Kier molecular flexibility index (Phi) is 6.82. The Morgan fingerprint density at radius 2 is 1.77 bits per heavy atom. The van der Waals surface area contributed by atoms with Crippen LogP contribution >= 0.6 is 0 Å². The Labute approximate surface area is 174 Å². The van der Waals surface area contributed by atoms with Crippen LogP contribution in [0.5, 0.6) is 0 Å². The average Bonchev–Trinajstić information content (AvgIpc) is 2.72. The molecule has 0 bridgehead atoms. The molecule has 0 aromatic heterocycles. The average molecular weight is 418 g/mol. The third-order valence-electron chi connectivity index (χ3n) is 4.96. The molecule has 7 heteroatoms. The van der Waals surface area contributed by atoms with Crippen molar-refractivity contribution in [3.05, 3.63) is 65.2 Å². The SMILES string of the molecule is CC(C)c1ccc(C=CC(=O)Nc2cc(C(F)(F)F)ccc2N2CCOCC2)cc1. The first-order chi connectivity index (χ1) is 14.2. The van der Waals surface area contributed by atoms with E-state index in [4.69, 9.17) is 4.74 Å². The molecule has 0 atom stereocenters. The van der Waals surface area contributed by atoms with E-state index in [0.717, 1.165) is 17.7 Å². The van der Waals surface area contributed by atoms with Gasteiger partial charge in [0.05, 0.1) is 30.2 Å². The first-order valence-electron chi connectivity index (χ1n) is 9.87. The van der Waals surface area contributed by atoms with Gasteiger partial charge in [-0.3, -0.25) is 4.79 Å². The molecule has 0 spiro atoms. The number of carbonyl (C=O) groups is 1. The lowest BCUT2D eigenvalue weighted by atomic mass is 10.0. The first kappa shape index (κ1) is 21.9. The van der Waals surface area contributed by atoms with Gasteiger partial charge in [0, 0.05) is 19.2 Å².